The van der Waals surface area contributed by atoms with E-state index in [1.54, 1.807) is 36.3 Å². The zero-order valence-corrected chi connectivity index (χ0v) is 12.5. The Morgan fingerprint density at radius 1 is 1.45 bits per heavy atom. The van der Waals surface area contributed by atoms with Crippen molar-refractivity contribution >= 4 is 35.1 Å². The lowest BCUT2D eigenvalue weighted by Crippen LogP contribution is -1.84. The van der Waals surface area contributed by atoms with Crippen LogP contribution < -0.4 is 4.74 Å². The number of carboxylic acid groups (broad SMARTS) is 1. The molecule has 1 aromatic heterocycles. The molecule has 0 fully saturated rings. The number of aliphatic carboxylic acids is 1. The van der Waals surface area contributed by atoms with Crippen molar-refractivity contribution in [3.63, 3.8) is 0 Å². The highest BCUT2D eigenvalue weighted by Gasteiger charge is 2.01. The maximum atomic E-state index is 10.5. The van der Waals surface area contributed by atoms with E-state index in [4.69, 9.17) is 9.84 Å². The first-order valence-electron chi connectivity index (χ1n) is 5.92. The third-order valence-corrected chi connectivity index (χ3v) is 4.69. The van der Waals surface area contributed by atoms with E-state index in [0.717, 1.165) is 28.0 Å². The molecule has 0 aliphatic carbocycles. The average Bonchev–Trinajstić information content (AvgIpc) is 2.91. The highest BCUT2D eigenvalue weighted by atomic mass is 32.2. The molecule has 0 bridgehead atoms. The van der Waals surface area contributed by atoms with Crippen LogP contribution in [0.5, 0.6) is 5.75 Å². The average molecular weight is 306 g/mol. The molecule has 0 saturated heterocycles. The van der Waals surface area contributed by atoms with E-state index in [-0.39, 0.29) is 0 Å². The Labute approximate surface area is 125 Å². The summed E-state index contributed by atoms with van der Waals surface area (Å²) in [5.74, 6) is 0.786. The number of thiophene rings is 1. The first-order valence-corrected chi connectivity index (χ1v) is 7.79. The molecule has 2 rings (SSSR count). The number of carbonyl (C=O) groups is 1. The molecule has 0 atom stereocenters. The van der Waals surface area contributed by atoms with Crippen molar-refractivity contribution in [3.8, 4) is 5.75 Å². The van der Waals surface area contributed by atoms with E-state index >= 15 is 0 Å². The minimum atomic E-state index is -0.927. The fourth-order valence-electron chi connectivity index (χ4n) is 1.57. The summed E-state index contributed by atoms with van der Waals surface area (Å²) in [6.07, 6.45) is 2.76. The highest BCUT2D eigenvalue weighted by molar-refractivity contribution is 7.98. The molecule has 20 heavy (non-hydrogen) atoms. The van der Waals surface area contributed by atoms with Crippen molar-refractivity contribution in [1.82, 2.24) is 0 Å². The normalized spacial score (nSPS) is 10.8. The molecule has 1 N–H and O–H groups in total. The van der Waals surface area contributed by atoms with Crippen molar-refractivity contribution in [2.45, 2.75) is 10.6 Å². The van der Waals surface area contributed by atoms with E-state index in [0.29, 0.717) is 0 Å². The van der Waals surface area contributed by atoms with Gasteiger partial charge in [-0.15, -0.1) is 23.1 Å². The standard InChI is InChI=1S/C15H14O3S2/c1-18-12-3-2-4-13(8-12)20-10-14-7-11(9-19-14)5-6-15(16)17/h2-9H,10H2,1H3,(H,16,17). The van der Waals surface area contributed by atoms with Crippen molar-refractivity contribution in [1.29, 1.82) is 0 Å². The maximum Gasteiger partial charge on any atom is 0.328 e. The number of hydrogen-bond donors (Lipinski definition) is 1. The van der Waals surface area contributed by atoms with Gasteiger partial charge in [-0.25, -0.2) is 4.79 Å². The van der Waals surface area contributed by atoms with Crippen LogP contribution in [0.25, 0.3) is 6.08 Å². The Hall–Kier alpha value is -1.72. The smallest absolute Gasteiger partial charge is 0.328 e. The number of rotatable bonds is 6. The fourth-order valence-corrected chi connectivity index (χ4v) is 3.43. The molecule has 0 amide bonds. The second kappa shape index (κ2) is 7.17. The highest BCUT2D eigenvalue weighted by Crippen LogP contribution is 2.28. The van der Waals surface area contributed by atoms with Gasteiger partial charge in [0.05, 0.1) is 7.11 Å². The molecule has 0 aliphatic heterocycles. The molecule has 2 aromatic rings. The third kappa shape index (κ3) is 4.43. The second-order valence-corrected chi connectivity index (χ2v) is 6.03. The molecule has 3 nitrogen and oxygen atoms in total. The van der Waals surface area contributed by atoms with E-state index in [9.17, 15) is 4.79 Å². The van der Waals surface area contributed by atoms with Crippen molar-refractivity contribution < 1.29 is 14.6 Å². The van der Waals surface area contributed by atoms with E-state index in [2.05, 4.69) is 0 Å². The quantitative estimate of drug-likeness (QED) is 0.643. The molecule has 0 spiro atoms. The van der Waals surface area contributed by atoms with Gasteiger partial charge in [0.1, 0.15) is 5.75 Å². The van der Waals surface area contributed by atoms with Crippen molar-refractivity contribution in [2.24, 2.45) is 0 Å². The lowest BCUT2D eigenvalue weighted by Gasteiger charge is -2.03. The van der Waals surface area contributed by atoms with Gasteiger partial charge in [-0.1, -0.05) is 6.07 Å². The summed E-state index contributed by atoms with van der Waals surface area (Å²) >= 11 is 3.36. The van der Waals surface area contributed by atoms with Crippen molar-refractivity contribution in [3.05, 3.63) is 52.2 Å². The molecule has 1 heterocycles. The zero-order valence-electron chi connectivity index (χ0n) is 10.9. The van der Waals surface area contributed by atoms with Gasteiger partial charge in [-0.3, -0.25) is 0 Å². The Bertz CT molecular complexity index is 617. The molecule has 5 heteroatoms. The zero-order chi connectivity index (χ0) is 14.4. The molecule has 0 saturated carbocycles. The Morgan fingerprint density at radius 2 is 2.30 bits per heavy atom. The summed E-state index contributed by atoms with van der Waals surface area (Å²) in [6, 6.07) is 9.95. The lowest BCUT2D eigenvalue weighted by atomic mass is 10.3. The molecule has 0 unspecified atom stereocenters. The van der Waals surface area contributed by atoms with Gasteiger partial charge in [0.15, 0.2) is 0 Å². The number of methoxy groups -OCH3 is 1. The van der Waals surface area contributed by atoms with Gasteiger partial charge < -0.3 is 9.84 Å². The number of hydrogen-bond acceptors (Lipinski definition) is 4. The Kier molecular flexibility index (Phi) is 5.26. The summed E-state index contributed by atoms with van der Waals surface area (Å²) in [4.78, 5) is 12.8. The fraction of sp³-hybridized carbons (Fsp3) is 0.133. The minimum absolute atomic E-state index is 0.853. The Morgan fingerprint density at radius 3 is 3.05 bits per heavy atom. The van der Waals surface area contributed by atoms with Crippen LogP contribution >= 0.6 is 23.1 Å². The molecule has 0 aliphatic rings. The van der Waals surface area contributed by atoms with Gasteiger partial charge >= 0.3 is 5.97 Å². The van der Waals surface area contributed by atoms with Crippen LogP contribution in [0.15, 0.2) is 46.7 Å². The summed E-state index contributed by atoms with van der Waals surface area (Å²) in [7, 11) is 1.66. The van der Waals surface area contributed by atoms with E-state index in [1.165, 1.54) is 4.88 Å². The monoisotopic (exact) mass is 306 g/mol. The van der Waals surface area contributed by atoms with Gasteiger partial charge in [0.25, 0.3) is 0 Å². The molecule has 104 valence electrons. The minimum Gasteiger partial charge on any atom is -0.497 e. The number of carboxylic acids is 1. The first kappa shape index (κ1) is 14.7. The van der Waals surface area contributed by atoms with Crippen LogP contribution in [-0.2, 0) is 10.5 Å². The van der Waals surface area contributed by atoms with Gasteiger partial charge in [0.2, 0.25) is 0 Å². The van der Waals surface area contributed by atoms with E-state index in [1.807, 2.05) is 35.7 Å². The molecular weight excluding hydrogens is 292 g/mol. The summed E-state index contributed by atoms with van der Waals surface area (Å²) < 4.78 is 5.19. The summed E-state index contributed by atoms with van der Waals surface area (Å²) in [6.45, 7) is 0. The van der Waals surface area contributed by atoms with Crippen LogP contribution in [0.4, 0.5) is 0 Å². The Balaban J connectivity index is 1.95. The predicted octanol–water partition coefficient (Wildman–Crippen LogP) is 4.15. The van der Waals surface area contributed by atoms with Gasteiger partial charge in [0, 0.05) is 21.6 Å². The van der Waals surface area contributed by atoms with Crippen molar-refractivity contribution in [2.75, 3.05) is 7.11 Å². The maximum absolute atomic E-state index is 10.5. The number of thioether (sulfide) groups is 1. The van der Waals surface area contributed by atoms with Crippen LogP contribution in [0.1, 0.15) is 10.4 Å². The molecule has 1 aromatic carbocycles. The third-order valence-electron chi connectivity index (χ3n) is 2.51. The van der Waals surface area contributed by atoms with Crippen LogP contribution in [-0.4, -0.2) is 18.2 Å². The summed E-state index contributed by atoms with van der Waals surface area (Å²) in [5.41, 5.74) is 0.929. The topological polar surface area (TPSA) is 46.5 Å². The first-order chi connectivity index (χ1) is 9.67. The molecule has 0 radical (unpaired) electrons. The van der Waals surface area contributed by atoms with Crippen LogP contribution in [0.2, 0.25) is 0 Å². The summed E-state index contributed by atoms with van der Waals surface area (Å²) in [5, 5.41) is 10.5. The largest absolute Gasteiger partial charge is 0.497 e. The lowest BCUT2D eigenvalue weighted by molar-refractivity contribution is -0.131. The van der Waals surface area contributed by atoms with Gasteiger partial charge in [-0.05, 0) is 41.3 Å². The van der Waals surface area contributed by atoms with Crippen LogP contribution in [0.3, 0.4) is 0 Å². The van der Waals surface area contributed by atoms with E-state index < -0.39 is 5.97 Å². The second-order valence-electron chi connectivity index (χ2n) is 3.99. The van der Waals surface area contributed by atoms with Crippen LogP contribution in [0, 0.1) is 0 Å². The SMILES string of the molecule is COc1cccc(SCc2cc(C=CC(=O)O)cs2)c1. The number of benzene rings is 1. The van der Waals surface area contributed by atoms with Gasteiger partial charge in [-0.2, -0.15) is 0 Å². The predicted molar refractivity (Wildman–Crippen MR) is 83.5 cm³/mol. The molecular formula is C15H14O3S2. The number of ether oxygens (including phenoxy) is 1.